The summed E-state index contributed by atoms with van der Waals surface area (Å²) in [5.41, 5.74) is 6.46. The van der Waals surface area contributed by atoms with Gasteiger partial charge < -0.3 is 15.8 Å². The summed E-state index contributed by atoms with van der Waals surface area (Å²) >= 11 is 0. The van der Waals surface area contributed by atoms with Crippen LogP contribution >= 0.6 is 0 Å². The van der Waals surface area contributed by atoms with E-state index in [1.807, 2.05) is 19.9 Å². The van der Waals surface area contributed by atoms with Crippen molar-refractivity contribution in [1.82, 2.24) is 19.9 Å². The fraction of sp³-hybridized carbons (Fsp3) is 0.350. The Morgan fingerprint density at radius 1 is 1.21 bits per heavy atom. The molecule has 0 bridgehead atoms. The topological polar surface area (TPSA) is 123 Å². The van der Waals surface area contributed by atoms with Crippen molar-refractivity contribution < 1.29 is 9.13 Å². The lowest BCUT2D eigenvalue weighted by Gasteiger charge is -2.22. The third-order valence-electron chi connectivity index (χ3n) is 4.44. The molecule has 1 atom stereocenters. The van der Waals surface area contributed by atoms with Crippen molar-refractivity contribution in [3.05, 3.63) is 41.6 Å². The molecular formula is C20H22FN7O. The number of nitrogens with two attached hydrogens (primary N) is 1. The number of aromatic nitrogens is 4. The van der Waals surface area contributed by atoms with Crippen LogP contribution < -0.4 is 15.8 Å². The van der Waals surface area contributed by atoms with Gasteiger partial charge in [0.25, 0.3) is 0 Å². The largest absolute Gasteiger partial charge is 0.481 e. The summed E-state index contributed by atoms with van der Waals surface area (Å²) in [6.45, 7) is 5.44. The van der Waals surface area contributed by atoms with Crippen molar-refractivity contribution in [2.75, 3.05) is 12.4 Å². The third-order valence-corrected chi connectivity index (χ3v) is 4.44. The minimum Gasteiger partial charge on any atom is -0.481 e. The quantitative estimate of drug-likeness (QED) is 0.648. The van der Waals surface area contributed by atoms with Gasteiger partial charge in [0.1, 0.15) is 23.8 Å². The lowest BCUT2D eigenvalue weighted by Crippen LogP contribution is -2.29. The molecule has 0 unspecified atom stereocenters. The molecule has 0 aliphatic rings. The maximum absolute atomic E-state index is 14.2. The number of rotatable bonds is 6. The summed E-state index contributed by atoms with van der Waals surface area (Å²) in [5.74, 6) is 1.19. The minimum atomic E-state index is -1.37. The summed E-state index contributed by atoms with van der Waals surface area (Å²) in [4.78, 5) is 16.9. The molecule has 0 saturated carbocycles. The van der Waals surface area contributed by atoms with Gasteiger partial charge in [-0.1, -0.05) is 6.92 Å². The van der Waals surface area contributed by atoms with Gasteiger partial charge in [-0.05, 0) is 37.3 Å². The van der Waals surface area contributed by atoms with Crippen LogP contribution in [-0.4, -0.2) is 27.0 Å². The number of ether oxygens (including phenoxy) is 1. The normalized spacial score (nSPS) is 12.4. The maximum Gasteiger partial charge on any atom is 0.222 e. The van der Waals surface area contributed by atoms with Gasteiger partial charge in [-0.25, -0.2) is 24.3 Å². The predicted molar refractivity (Wildman–Crippen MR) is 107 cm³/mol. The number of halogens is 1. The monoisotopic (exact) mass is 395 g/mol. The van der Waals surface area contributed by atoms with Gasteiger partial charge in [0.15, 0.2) is 11.5 Å². The van der Waals surface area contributed by atoms with Crippen molar-refractivity contribution in [2.45, 2.75) is 38.9 Å². The highest BCUT2D eigenvalue weighted by molar-refractivity contribution is 5.91. The van der Waals surface area contributed by atoms with Crippen LogP contribution in [0.15, 0.2) is 24.7 Å². The Labute approximate surface area is 168 Å². The first-order chi connectivity index (χ1) is 13.8. The Morgan fingerprint density at radius 2 is 1.97 bits per heavy atom. The molecular weight excluding hydrogens is 373 g/mol. The van der Waals surface area contributed by atoms with Crippen molar-refractivity contribution >= 4 is 22.4 Å². The second-order valence-corrected chi connectivity index (χ2v) is 7.12. The summed E-state index contributed by atoms with van der Waals surface area (Å²) in [6, 6.07) is 3.67. The number of alkyl halides is 1. The zero-order valence-electron chi connectivity index (χ0n) is 16.7. The van der Waals surface area contributed by atoms with Crippen molar-refractivity contribution in [2.24, 2.45) is 5.73 Å². The van der Waals surface area contributed by atoms with Crippen molar-refractivity contribution in [3.8, 4) is 11.9 Å². The number of hydrogen-bond donors (Lipinski definition) is 2. The Morgan fingerprint density at radius 3 is 2.59 bits per heavy atom. The molecule has 0 amide bonds. The number of nitrogens with zero attached hydrogens (tertiary/aromatic N) is 5. The first-order valence-electron chi connectivity index (χ1n) is 9.08. The lowest BCUT2D eigenvalue weighted by atomic mass is 9.93. The molecule has 0 saturated heterocycles. The Balaban J connectivity index is 2.07. The Kier molecular flexibility index (Phi) is 5.57. The van der Waals surface area contributed by atoms with E-state index >= 15 is 0 Å². The molecule has 8 nitrogen and oxygen atoms in total. The van der Waals surface area contributed by atoms with Gasteiger partial charge in [0.2, 0.25) is 5.88 Å². The highest BCUT2D eigenvalue weighted by atomic mass is 19.1. The Bertz CT molecular complexity index is 1090. The minimum absolute atomic E-state index is 0.00967. The molecule has 29 heavy (non-hydrogen) atoms. The Hall–Kier alpha value is -3.38. The number of anilines is 2. The molecule has 0 aliphatic heterocycles. The van der Waals surface area contributed by atoms with Crippen LogP contribution in [0.1, 0.15) is 50.3 Å². The number of methoxy groups -OCH3 is 1. The fourth-order valence-corrected chi connectivity index (χ4v) is 2.95. The summed E-state index contributed by atoms with van der Waals surface area (Å²) in [7, 11) is 1.54. The number of nitriles is 1. The molecule has 0 aliphatic carbocycles. The van der Waals surface area contributed by atoms with Gasteiger partial charge in [0.05, 0.1) is 18.7 Å². The summed E-state index contributed by atoms with van der Waals surface area (Å²) in [5, 5.41) is 13.7. The van der Waals surface area contributed by atoms with Crippen molar-refractivity contribution in [3.63, 3.8) is 0 Å². The van der Waals surface area contributed by atoms with Crippen LogP contribution in [0.4, 0.5) is 16.0 Å². The van der Waals surface area contributed by atoms with Gasteiger partial charge in [-0.2, -0.15) is 5.26 Å². The van der Waals surface area contributed by atoms with Gasteiger partial charge in [-0.3, -0.25) is 0 Å². The average molecular weight is 395 g/mol. The van der Waals surface area contributed by atoms with Crippen LogP contribution in [0.3, 0.4) is 0 Å². The van der Waals surface area contributed by atoms with Crippen molar-refractivity contribution in [1.29, 1.82) is 5.26 Å². The molecule has 0 fully saturated rings. The molecule has 0 spiro atoms. The van der Waals surface area contributed by atoms with Gasteiger partial charge >= 0.3 is 0 Å². The van der Waals surface area contributed by atoms with E-state index in [4.69, 9.17) is 15.7 Å². The van der Waals surface area contributed by atoms with Gasteiger partial charge in [-0.15, -0.1) is 0 Å². The van der Waals surface area contributed by atoms with E-state index < -0.39 is 11.7 Å². The molecule has 3 aromatic heterocycles. The average Bonchev–Trinajstić information content (AvgIpc) is 2.71. The van der Waals surface area contributed by atoms with Gasteiger partial charge in [0, 0.05) is 17.9 Å². The van der Waals surface area contributed by atoms with Crippen LogP contribution in [0.2, 0.25) is 0 Å². The predicted octanol–water partition coefficient (Wildman–Crippen LogP) is 3.66. The molecule has 3 heterocycles. The fourth-order valence-electron chi connectivity index (χ4n) is 2.95. The van der Waals surface area contributed by atoms with Crippen LogP contribution in [0.25, 0.3) is 10.8 Å². The van der Waals surface area contributed by atoms with Crippen LogP contribution in [0, 0.1) is 11.3 Å². The summed E-state index contributed by atoms with van der Waals surface area (Å²) < 4.78 is 19.5. The smallest absolute Gasteiger partial charge is 0.222 e. The van der Waals surface area contributed by atoms with E-state index in [9.17, 15) is 4.39 Å². The SMILES string of the molecule is CC[C@@H](F)c1nc(Nc2cc3c(C(C)(C)N)cnc(OC)c3cn2)cnc1C#N. The van der Waals surface area contributed by atoms with E-state index in [-0.39, 0.29) is 23.6 Å². The van der Waals surface area contributed by atoms with E-state index in [0.29, 0.717) is 11.7 Å². The maximum atomic E-state index is 14.2. The molecule has 0 radical (unpaired) electrons. The molecule has 3 rings (SSSR count). The van der Waals surface area contributed by atoms with E-state index in [0.717, 1.165) is 16.3 Å². The number of nitrogens with one attached hydrogen (secondary N) is 1. The van der Waals surface area contributed by atoms with Crippen LogP contribution in [-0.2, 0) is 5.54 Å². The second kappa shape index (κ2) is 7.93. The number of hydrogen-bond acceptors (Lipinski definition) is 8. The zero-order chi connectivity index (χ0) is 21.2. The molecule has 150 valence electrons. The van der Waals surface area contributed by atoms with E-state index in [1.54, 1.807) is 25.4 Å². The summed E-state index contributed by atoms with van der Waals surface area (Å²) in [6.07, 6.45) is 3.50. The number of fused-ring (bicyclic) bond motifs is 1. The van der Waals surface area contributed by atoms with Crippen LogP contribution in [0.5, 0.6) is 5.88 Å². The molecule has 0 aromatic carbocycles. The standard InChI is InChI=1S/C20H22FN7O/c1-5-14(21)18-15(7-22)24-10-17(28-18)27-16-6-11-12(8-25-16)19(29-4)26-9-13(11)20(2,3)23/h6,8-10,14H,5,23H2,1-4H3,(H,25,27,28)/t14-/m1/s1. The first-order valence-corrected chi connectivity index (χ1v) is 9.08. The highest BCUT2D eigenvalue weighted by Crippen LogP contribution is 2.32. The zero-order valence-corrected chi connectivity index (χ0v) is 16.7. The molecule has 3 aromatic rings. The molecule has 9 heteroatoms. The highest BCUT2D eigenvalue weighted by Gasteiger charge is 2.21. The third kappa shape index (κ3) is 4.07. The molecule has 3 N–H and O–H groups in total. The van der Waals surface area contributed by atoms with E-state index in [2.05, 4.69) is 25.3 Å². The van der Waals surface area contributed by atoms with E-state index in [1.165, 1.54) is 13.3 Å². The first kappa shape index (κ1) is 20.4. The second-order valence-electron chi connectivity index (χ2n) is 7.12. The lowest BCUT2D eigenvalue weighted by molar-refractivity contribution is 0.325. The number of pyridine rings is 2.